The Hall–Kier alpha value is -1.72. The monoisotopic (exact) mass is 342 g/mol. The number of hydrogen-bond acceptors (Lipinski definition) is 4. The number of aryl methyl sites for hydroxylation is 1. The molecule has 0 aliphatic heterocycles. The van der Waals surface area contributed by atoms with E-state index >= 15 is 0 Å². The number of carbonyl (C=O) groups excluding carboxylic acids is 1. The van der Waals surface area contributed by atoms with Crippen molar-refractivity contribution in [1.29, 1.82) is 0 Å². The van der Waals surface area contributed by atoms with Crippen molar-refractivity contribution in [3.05, 3.63) is 46.5 Å². The standard InChI is InChI=1S/C19H22N2O2S/c22-18(12-23-11-13-6-7-13)21-19-20-16-9-8-15(10-17(16)24-19)14-4-2-1-3-5-14/h1-5,13,15H,6-12H2,(H,20,21,22). The summed E-state index contributed by atoms with van der Waals surface area (Å²) in [4.78, 5) is 17.9. The lowest BCUT2D eigenvalue weighted by atomic mass is 9.85. The summed E-state index contributed by atoms with van der Waals surface area (Å²) in [7, 11) is 0. The predicted octanol–water partition coefficient (Wildman–Crippen LogP) is 3.78. The molecule has 0 radical (unpaired) electrons. The highest BCUT2D eigenvalue weighted by Gasteiger charge is 2.24. The number of fused-ring (bicyclic) bond motifs is 1. The number of ether oxygens (including phenoxy) is 1. The normalized spacial score (nSPS) is 19.8. The van der Waals surface area contributed by atoms with Crippen LogP contribution in [-0.2, 0) is 22.4 Å². The molecule has 4 rings (SSSR count). The van der Waals surface area contributed by atoms with Crippen LogP contribution in [0.25, 0.3) is 0 Å². The highest BCUT2D eigenvalue weighted by Crippen LogP contribution is 2.36. The Balaban J connectivity index is 1.34. The van der Waals surface area contributed by atoms with Crippen molar-refractivity contribution in [2.24, 2.45) is 5.92 Å². The molecule has 1 N–H and O–H groups in total. The topological polar surface area (TPSA) is 51.2 Å². The number of nitrogens with zero attached hydrogens (tertiary/aromatic N) is 1. The van der Waals surface area contributed by atoms with E-state index in [1.165, 1.54) is 23.3 Å². The van der Waals surface area contributed by atoms with Gasteiger partial charge in [0.25, 0.3) is 5.91 Å². The van der Waals surface area contributed by atoms with Gasteiger partial charge >= 0.3 is 0 Å². The summed E-state index contributed by atoms with van der Waals surface area (Å²) >= 11 is 1.62. The molecule has 1 fully saturated rings. The molecule has 24 heavy (non-hydrogen) atoms. The molecule has 1 aromatic carbocycles. The molecule has 1 amide bonds. The van der Waals surface area contributed by atoms with E-state index in [4.69, 9.17) is 4.74 Å². The summed E-state index contributed by atoms with van der Waals surface area (Å²) in [6.45, 7) is 0.841. The average molecular weight is 342 g/mol. The molecule has 4 nitrogen and oxygen atoms in total. The van der Waals surface area contributed by atoms with Gasteiger partial charge < -0.3 is 4.74 Å². The molecule has 0 bridgehead atoms. The Labute approximate surface area is 146 Å². The number of hydrogen-bond donors (Lipinski definition) is 1. The SMILES string of the molecule is O=C(COCC1CC1)Nc1nc2c(s1)CC(c1ccccc1)CC2. The van der Waals surface area contributed by atoms with E-state index in [1.807, 2.05) is 0 Å². The summed E-state index contributed by atoms with van der Waals surface area (Å²) in [6.07, 6.45) is 5.61. The third-order valence-electron chi connectivity index (χ3n) is 4.74. The van der Waals surface area contributed by atoms with Crippen LogP contribution >= 0.6 is 11.3 Å². The zero-order valence-electron chi connectivity index (χ0n) is 13.7. The van der Waals surface area contributed by atoms with Gasteiger partial charge in [-0.05, 0) is 49.5 Å². The molecule has 2 aliphatic rings. The summed E-state index contributed by atoms with van der Waals surface area (Å²) in [5.74, 6) is 1.14. The van der Waals surface area contributed by atoms with Crippen LogP contribution in [0.5, 0.6) is 0 Å². The van der Waals surface area contributed by atoms with Gasteiger partial charge in [0.05, 0.1) is 12.3 Å². The number of nitrogens with one attached hydrogen (secondary N) is 1. The second kappa shape index (κ2) is 7.03. The van der Waals surface area contributed by atoms with E-state index in [-0.39, 0.29) is 12.5 Å². The van der Waals surface area contributed by atoms with Crippen LogP contribution < -0.4 is 5.32 Å². The molecule has 0 saturated heterocycles. The molecule has 126 valence electrons. The van der Waals surface area contributed by atoms with Gasteiger partial charge in [-0.3, -0.25) is 10.1 Å². The molecule has 1 saturated carbocycles. The van der Waals surface area contributed by atoms with Gasteiger partial charge in [-0.2, -0.15) is 0 Å². The fourth-order valence-electron chi connectivity index (χ4n) is 3.20. The highest BCUT2D eigenvalue weighted by molar-refractivity contribution is 7.15. The Morgan fingerprint density at radius 3 is 2.88 bits per heavy atom. The lowest BCUT2D eigenvalue weighted by Gasteiger charge is -2.21. The molecule has 1 heterocycles. The predicted molar refractivity (Wildman–Crippen MR) is 95.5 cm³/mol. The largest absolute Gasteiger partial charge is 0.371 e. The molecular formula is C19H22N2O2S. The van der Waals surface area contributed by atoms with Crippen molar-refractivity contribution in [3.63, 3.8) is 0 Å². The van der Waals surface area contributed by atoms with Crippen molar-refractivity contribution in [2.75, 3.05) is 18.5 Å². The smallest absolute Gasteiger partial charge is 0.252 e. The number of anilines is 1. The third-order valence-corrected chi connectivity index (χ3v) is 5.78. The minimum Gasteiger partial charge on any atom is -0.371 e. The first-order valence-corrected chi connectivity index (χ1v) is 9.50. The first kappa shape index (κ1) is 15.8. The lowest BCUT2D eigenvalue weighted by molar-refractivity contribution is -0.120. The van der Waals surface area contributed by atoms with Crippen LogP contribution in [0, 0.1) is 5.92 Å². The highest BCUT2D eigenvalue weighted by atomic mass is 32.1. The molecule has 5 heteroatoms. The number of benzene rings is 1. The Morgan fingerprint density at radius 2 is 2.08 bits per heavy atom. The molecule has 1 aromatic heterocycles. The van der Waals surface area contributed by atoms with Crippen molar-refractivity contribution in [3.8, 4) is 0 Å². The van der Waals surface area contributed by atoms with Crippen LogP contribution in [0.2, 0.25) is 0 Å². The zero-order chi connectivity index (χ0) is 16.4. The number of amides is 1. The Bertz CT molecular complexity index is 709. The number of carbonyl (C=O) groups is 1. The van der Waals surface area contributed by atoms with Crippen LogP contribution in [-0.4, -0.2) is 24.1 Å². The fourth-order valence-corrected chi connectivity index (χ4v) is 4.30. The molecule has 1 unspecified atom stereocenters. The maximum Gasteiger partial charge on any atom is 0.252 e. The first-order chi connectivity index (χ1) is 11.8. The van der Waals surface area contributed by atoms with E-state index < -0.39 is 0 Å². The van der Waals surface area contributed by atoms with Gasteiger partial charge in [0.2, 0.25) is 0 Å². The minimum absolute atomic E-state index is 0.0960. The molecular weight excluding hydrogens is 320 g/mol. The van der Waals surface area contributed by atoms with Gasteiger partial charge in [0.15, 0.2) is 5.13 Å². The van der Waals surface area contributed by atoms with Gasteiger partial charge in [-0.25, -0.2) is 4.98 Å². The molecule has 2 aromatic rings. The third kappa shape index (κ3) is 3.84. The van der Waals surface area contributed by atoms with Crippen molar-refractivity contribution >= 4 is 22.4 Å². The maximum atomic E-state index is 11.9. The lowest BCUT2D eigenvalue weighted by Crippen LogP contribution is -2.18. The van der Waals surface area contributed by atoms with Crippen molar-refractivity contribution < 1.29 is 9.53 Å². The zero-order valence-corrected chi connectivity index (χ0v) is 14.5. The van der Waals surface area contributed by atoms with E-state index in [1.54, 1.807) is 11.3 Å². The number of thiazole rings is 1. The number of rotatable bonds is 6. The van der Waals surface area contributed by atoms with Crippen LogP contribution in [0.15, 0.2) is 30.3 Å². The second-order valence-corrected chi connectivity index (χ2v) is 7.83. The van der Waals surface area contributed by atoms with E-state index in [9.17, 15) is 4.79 Å². The minimum atomic E-state index is -0.0960. The van der Waals surface area contributed by atoms with Crippen LogP contribution in [0.1, 0.15) is 41.3 Å². The molecule has 1 atom stereocenters. The summed E-state index contributed by atoms with van der Waals surface area (Å²) < 4.78 is 5.43. The second-order valence-electron chi connectivity index (χ2n) is 6.75. The first-order valence-electron chi connectivity index (χ1n) is 8.69. The summed E-state index contributed by atoms with van der Waals surface area (Å²) in [6, 6.07) is 10.7. The van der Waals surface area contributed by atoms with Gasteiger partial charge in [-0.1, -0.05) is 30.3 Å². The van der Waals surface area contributed by atoms with Gasteiger partial charge in [-0.15, -0.1) is 11.3 Å². The molecule has 2 aliphatic carbocycles. The van der Waals surface area contributed by atoms with Crippen molar-refractivity contribution in [2.45, 2.75) is 38.0 Å². The van der Waals surface area contributed by atoms with Crippen LogP contribution in [0.4, 0.5) is 5.13 Å². The van der Waals surface area contributed by atoms with Gasteiger partial charge in [0, 0.05) is 4.88 Å². The van der Waals surface area contributed by atoms with E-state index in [0.29, 0.717) is 23.6 Å². The van der Waals surface area contributed by atoms with Gasteiger partial charge in [0.1, 0.15) is 6.61 Å². The fraction of sp³-hybridized carbons (Fsp3) is 0.474. The summed E-state index contributed by atoms with van der Waals surface area (Å²) in [5.41, 5.74) is 2.55. The Morgan fingerprint density at radius 1 is 1.25 bits per heavy atom. The maximum absolute atomic E-state index is 11.9. The van der Waals surface area contributed by atoms with Crippen LogP contribution in [0.3, 0.4) is 0 Å². The number of aromatic nitrogens is 1. The quantitative estimate of drug-likeness (QED) is 0.869. The Kier molecular flexibility index (Phi) is 4.63. The molecule has 0 spiro atoms. The summed E-state index contributed by atoms with van der Waals surface area (Å²) in [5, 5.41) is 3.61. The van der Waals surface area contributed by atoms with E-state index in [0.717, 1.165) is 25.0 Å². The average Bonchev–Trinajstić information content (AvgIpc) is 3.33. The van der Waals surface area contributed by atoms with Crippen molar-refractivity contribution in [1.82, 2.24) is 4.98 Å². The van der Waals surface area contributed by atoms with E-state index in [2.05, 4.69) is 40.6 Å².